The third-order valence-electron chi connectivity index (χ3n) is 3.12. The SMILES string of the molecule is Cc1ccc(C(N)Cc2ccc(Cl)cc2Cl)c(C)n1. The molecule has 0 fully saturated rings. The van der Waals surface area contributed by atoms with Crippen LogP contribution in [0, 0.1) is 13.8 Å². The Hall–Kier alpha value is -1.09. The number of rotatable bonds is 3. The molecule has 1 aromatic heterocycles. The van der Waals surface area contributed by atoms with Gasteiger partial charge < -0.3 is 5.73 Å². The van der Waals surface area contributed by atoms with Crippen LogP contribution in [-0.2, 0) is 6.42 Å². The highest BCUT2D eigenvalue weighted by molar-refractivity contribution is 6.35. The second-order valence-corrected chi connectivity index (χ2v) is 5.52. The summed E-state index contributed by atoms with van der Waals surface area (Å²) >= 11 is 12.1. The summed E-state index contributed by atoms with van der Waals surface area (Å²) in [4.78, 5) is 4.44. The lowest BCUT2D eigenvalue weighted by atomic mass is 9.98. The average molecular weight is 295 g/mol. The zero-order valence-corrected chi connectivity index (χ0v) is 12.5. The molecule has 1 atom stereocenters. The lowest BCUT2D eigenvalue weighted by Crippen LogP contribution is -2.15. The van der Waals surface area contributed by atoms with E-state index in [0.29, 0.717) is 16.5 Å². The van der Waals surface area contributed by atoms with Gasteiger partial charge in [-0.05, 0) is 49.6 Å². The number of aromatic nitrogens is 1. The van der Waals surface area contributed by atoms with Crippen LogP contribution in [0.15, 0.2) is 30.3 Å². The van der Waals surface area contributed by atoms with Crippen molar-refractivity contribution in [1.29, 1.82) is 0 Å². The van der Waals surface area contributed by atoms with Gasteiger partial charge in [-0.25, -0.2) is 0 Å². The van der Waals surface area contributed by atoms with Crippen molar-refractivity contribution in [2.45, 2.75) is 26.3 Å². The quantitative estimate of drug-likeness (QED) is 0.919. The highest BCUT2D eigenvalue weighted by atomic mass is 35.5. The molecule has 0 aliphatic heterocycles. The summed E-state index contributed by atoms with van der Waals surface area (Å²) in [5, 5.41) is 1.29. The predicted octanol–water partition coefficient (Wildman–Crippen LogP) is 4.25. The second-order valence-electron chi connectivity index (χ2n) is 4.67. The van der Waals surface area contributed by atoms with E-state index < -0.39 is 0 Å². The topological polar surface area (TPSA) is 38.9 Å². The molecule has 4 heteroatoms. The Morgan fingerprint density at radius 2 is 1.89 bits per heavy atom. The molecule has 2 aromatic rings. The van der Waals surface area contributed by atoms with Crippen molar-refractivity contribution in [3.05, 3.63) is 62.9 Å². The molecule has 1 heterocycles. The van der Waals surface area contributed by atoms with Crippen LogP contribution in [-0.4, -0.2) is 4.98 Å². The third-order valence-corrected chi connectivity index (χ3v) is 3.71. The van der Waals surface area contributed by atoms with Crippen molar-refractivity contribution in [1.82, 2.24) is 4.98 Å². The Bertz CT molecular complexity index is 597. The van der Waals surface area contributed by atoms with Crippen molar-refractivity contribution in [2.75, 3.05) is 0 Å². The fourth-order valence-electron chi connectivity index (χ4n) is 2.12. The summed E-state index contributed by atoms with van der Waals surface area (Å²) in [5.74, 6) is 0. The van der Waals surface area contributed by atoms with Gasteiger partial charge in [0, 0.05) is 27.5 Å². The zero-order chi connectivity index (χ0) is 14.0. The van der Waals surface area contributed by atoms with E-state index in [2.05, 4.69) is 4.98 Å². The molecule has 0 radical (unpaired) electrons. The number of nitrogens with two attached hydrogens (primary N) is 1. The molecular weight excluding hydrogens is 279 g/mol. The molecule has 0 amide bonds. The van der Waals surface area contributed by atoms with Gasteiger partial charge in [-0.15, -0.1) is 0 Å². The second kappa shape index (κ2) is 5.91. The van der Waals surface area contributed by atoms with Crippen LogP contribution >= 0.6 is 23.2 Å². The number of aryl methyl sites for hydroxylation is 2. The Balaban J connectivity index is 2.23. The summed E-state index contributed by atoms with van der Waals surface area (Å²) in [7, 11) is 0. The molecule has 100 valence electrons. The molecule has 0 bridgehead atoms. The third kappa shape index (κ3) is 3.47. The predicted molar refractivity (Wildman–Crippen MR) is 80.8 cm³/mol. The first-order valence-electron chi connectivity index (χ1n) is 6.11. The van der Waals surface area contributed by atoms with Crippen LogP contribution in [0.4, 0.5) is 0 Å². The first kappa shape index (κ1) is 14.3. The summed E-state index contributed by atoms with van der Waals surface area (Å²) in [5.41, 5.74) is 10.3. The Morgan fingerprint density at radius 3 is 2.53 bits per heavy atom. The van der Waals surface area contributed by atoms with E-state index >= 15 is 0 Å². The van der Waals surface area contributed by atoms with Crippen molar-refractivity contribution in [3.8, 4) is 0 Å². The normalized spacial score (nSPS) is 12.5. The fourth-order valence-corrected chi connectivity index (χ4v) is 2.61. The van der Waals surface area contributed by atoms with Gasteiger partial charge in [0.2, 0.25) is 0 Å². The van der Waals surface area contributed by atoms with Gasteiger partial charge in [-0.3, -0.25) is 4.98 Å². The lowest BCUT2D eigenvalue weighted by molar-refractivity contribution is 0.709. The highest BCUT2D eigenvalue weighted by Gasteiger charge is 2.12. The van der Waals surface area contributed by atoms with Gasteiger partial charge >= 0.3 is 0 Å². The van der Waals surface area contributed by atoms with E-state index in [1.165, 1.54) is 0 Å². The van der Waals surface area contributed by atoms with Crippen LogP contribution < -0.4 is 5.73 Å². The molecule has 0 spiro atoms. The molecule has 0 aliphatic carbocycles. The molecule has 1 aromatic carbocycles. The van der Waals surface area contributed by atoms with E-state index in [0.717, 1.165) is 22.5 Å². The number of hydrogen-bond acceptors (Lipinski definition) is 2. The molecule has 1 unspecified atom stereocenters. The number of hydrogen-bond donors (Lipinski definition) is 1. The molecule has 2 N–H and O–H groups in total. The average Bonchev–Trinajstić information content (AvgIpc) is 2.32. The van der Waals surface area contributed by atoms with Crippen LogP contribution in [0.1, 0.15) is 28.6 Å². The molecule has 2 rings (SSSR count). The first-order chi connectivity index (χ1) is 8.97. The Labute approximate surface area is 123 Å². The summed E-state index contributed by atoms with van der Waals surface area (Å²) < 4.78 is 0. The number of benzene rings is 1. The van der Waals surface area contributed by atoms with Crippen LogP contribution in [0.2, 0.25) is 10.0 Å². The molecule has 2 nitrogen and oxygen atoms in total. The maximum Gasteiger partial charge on any atom is 0.0453 e. The van der Waals surface area contributed by atoms with Crippen molar-refractivity contribution in [3.63, 3.8) is 0 Å². The van der Waals surface area contributed by atoms with Crippen LogP contribution in [0.3, 0.4) is 0 Å². The molecule has 19 heavy (non-hydrogen) atoms. The zero-order valence-electron chi connectivity index (χ0n) is 11.0. The number of halogens is 2. The standard InChI is InChI=1S/C15H16Cl2N2/c1-9-3-6-13(10(2)19-9)15(18)7-11-4-5-12(16)8-14(11)17/h3-6,8,15H,7,18H2,1-2H3. The highest BCUT2D eigenvalue weighted by Crippen LogP contribution is 2.26. The Morgan fingerprint density at radius 1 is 1.16 bits per heavy atom. The minimum absolute atomic E-state index is 0.119. The number of pyridine rings is 1. The summed E-state index contributed by atoms with van der Waals surface area (Å²) in [6.07, 6.45) is 0.668. The van der Waals surface area contributed by atoms with Crippen LogP contribution in [0.25, 0.3) is 0 Å². The van der Waals surface area contributed by atoms with E-state index in [1.807, 2.05) is 38.1 Å². The minimum atomic E-state index is -0.119. The van der Waals surface area contributed by atoms with Crippen molar-refractivity contribution in [2.24, 2.45) is 5.73 Å². The molecule has 0 saturated carbocycles. The van der Waals surface area contributed by atoms with Gasteiger partial charge in [0.05, 0.1) is 0 Å². The van der Waals surface area contributed by atoms with Crippen molar-refractivity contribution >= 4 is 23.2 Å². The summed E-state index contributed by atoms with van der Waals surface area (Å²) in [6, 6.07) is 9.38. The maximum atomic E-state index is 6.25. The largest absolute Gasteiger partial charge is 0.324 e. The molecule has 0 aliphatic rings. The van der Waals surface area contributed by atoms with Gasteiger partial charge in [0.15, 0.2) is 0 Å². The maximum absolute atomic E-state index is 6.25. The van der Waals surface area contributed by atoms with Gasteiger partial charge in [0.1, 0.15) is 0 Å². The van der Waals surface area contributed by atoms with E-state index in [1.54, 1.807) is 6.07 Å². The van der Waals surface area contributed by atoms with Crippen molar-refractivity contribution < 1.29 is 0 Å². The minimum Gasteiger partial charge on any atom is -0.324 e. The molecule has 0 saturated heterocycles. The first-order valence-corrected chi connectivity index (χ1v) is 6.86. The fraction of sp³-hybridized carbons (Fsp3) is 0.267. The van der Waals surface area contributed by atoms with E-state index in [4.69, 9.17) is 28.9 Å². The smallest absolute Gasteiger partial charge is 0.0453 e. The van der Waals surface area contributed by atoms with Crippen LogP contribution in [0.5, 0.6) is 0 Å². The Kier molecular flexibility index (Phi) is 4.46. The summed E-state index contributed by atoms with van der Waals surface area (Å²) in [6.45, 7) is 3.95. The van der Waals surface area contributed by atoms with E-state index in [9.17, 15) is 0 Å². The molecular formula is C15H16Cl2N2. The van der Waals surface area contributed by atoms with Gasteiger partial charge in [0.25, 0.3) is 0 Å². The lowest BCUT2D eigenvalue weighted by Gasteiger charge is -2.15. The van der Waals surface area contributed by atoms with E-state index in [-0.39, 0.29) is 6.04 Å². The number of nitrogens with zero attached hydrogens (tertiary/aromatic N) is 1. The van der Waals surface area contributed by atoms with Gasteiger partial charge in [-0.1, -0.05) is 35.3 Å². The monoisotopic (exact) mass is 294 g/mol. The van der Waals surface area contributed by atoms with Gasteiger partial charge in [-0.2, -0.15) is 0 Å².